The van der Waals surface area contributed by atoms with Crippen LogP contribution in [0.25, 0.3) is 0 Å². The summed E-state index contributed by atoms with van der Waals surface area (Å²) in [6, 6.07) is 7.97. The molecule has 6 heteroatoms. The van der Waals surface area contributed by atoms with Gasteiger partial charge in [-0.25, -0.2) is 9.97 Å². The number of hydrogen-bond donors (Lipinski definition) is 1. The molecule has 0 aliphatic carbocycles. The predicted octanol–water partition coefficient (Wildman–Crippen LogP) is 3.89. The van der Waals surface area contributed by atoms with E-state index in [9.17, 15) is 0 Å². The van der Waals surface area contributed by atoms with E-state index < -0.39 is 0 Å². The highest BCUT2D eigenvalue weighted by molar-refractivity contribution is 9.10. The number of halogens is 2. The van der Waals surface area contributed by atoms with E-state index >= 15 is 0 Å². The van der Waals surface area contributed by atoms with Crippen LogP contribution in [0.3, 0.4) is 0 Å². The molecule has 1 aromatic heterocycles. The van der Waals surface area contributed by atoms with Crippen molar-refractivity contribution in [1.29, 1.82) is 0 Å². The zero-order chi connectivity index (χ0) is 15.8. The Bertz CT molecular complexity index is 697. The topological polar surface area (TPSA) is 47.0 Å². The van der Waals surface area contributed by atoms with Gasteiger partial charge in [-0.05, 0) is 27.6 Å². The molecule has 4 nitrogen and oxygen atoms in total. The summed E-state index contributed by atoms with van der Waals surface area (Å²) in [5, 5.41) is 3.56. The van der Waals surface area contributed by atoms with E-state index in [2.05, 4.69) is 43.1 Å². The van der Waals surface area contributed by atoms with Crippen molar-refractivity contribution >= 4 is 33.3 Å². The van der Waals surface area contributed by atoms with Crippen molar-refractivity contribution in [2.75, 3.05) is 19.0 Å². The predicted molar refractivity (Wildman–Crippen MR) is 91.9 cm³/mol. The molecule has 0 radical (unpaired) electrons. The molecule has 0 amide bonds. The third kappa shape index (κ3) is 4.70. The van der Waals surface area contributed by atoms with Crippen molar-refractivity contribution in [3.63, 3.8) is 0 Å². The quantitative estimate of drug-likeness (QED) is 0.485. The van der Waals surface area contributed by atoms with Crippen molar-refractivity contribution < 1.29 is 4.74 Å². The lowest BCUT2D eigenvalue weighted by atomic mass is 10.1. The first kappa shape index (κ1) is 16.8. The van der Waals surface area contributed by atoms with E-state index in [0.717, 1.165) is 11.1 Å². The third-order valence-corrected chi connectivity index (χ3v) is 4.10. The Morgan fingerprint density at radius 2 is 2.14 bits per heavy atom. The van der Waals surface area contributed by atoms with Gasteiger partial charge in [0.25, 0.3) is 0 Å². The van der Waals surface area contributed by atoms with Gasteiger partial charge in [0.15, 0.2) is 0 Å². The van der Waals surface area contributed by atoms with Gasteiger partial charge in [-0.15, -0.1) is 0 Å². The molecule has 1 heterocycles. The molecular formula is C16H15BrClN3O. The number of aromatic nitrogens is 2. The van der Waals surface area contributed by atoms with E-state index in [1.54, 1.807) is 7.11 Å². The second-order valence-electron chi connectivity index (χ2n) is 4.40. The summed E-state index contributed by atoms with van der Waals surface area (Å²) in [6.07, 6.45) is 2.11. The van der Waals surface area contributed by atoms with Crippen LogP contribution in [0.1, 0.15) is 17.5 Å². The minimum atomic E-state index is 0.386. The van der Waals surface area contributed by atoms with Crippen molar-refractivity contribution in [3.8, 4) is 11.8 Å². The summed E-state index contributed by atoms with van der Waals surface area (Å²) in [6.45, 7) is 1.24. The van der Waals surface area contributed by atoms with Gasteiger partial charge in [0.1, 0.15) is 17.3 Å². The van der Waals surface area contributed by atoms with E-state index in [1.165, 1.54) is 6.33 Å². The Labute approximate surface area is 143 Å². The number of hydrogen-bond acceptors (Lipinski definition) is 4. The average molecular weight is 381 g/mol. The van der Waals surface area contributed by atoms with Crippen LogP contribution in [-0.4, -0.2) is 23.6 Å². The highest BCUT2D eigenvalue weighted by Gasteiger charge is 2.05. The molecule has 0 atom stereocenters. The number of benzene rings is 1. The Hall–Kier alpha value is -1.61. The van der Waals surface area contributed by atoms with E-state index in [4.69, 9.17) is 16.3 Å². The van der Waals surface area contributed by atoms with Crippen molar-refractivity contribution in [1.82, 2.24) is 9.97 Å². The zero-order valence-corrected chi connectivity index (χ0v) is 14.4. The summed E-state index contributed by atoms with van der Waals surface area (Å²) in [7, 11) is 1.68. The fourth-order valence-corrected chi connectivity index (χ4v) is 2.27. The maximum atomic E-state index is 5.90. The molecule has 1 aromatic carbocycles. The minimum absolute atomic E-state index is 0.386. The summed E-state index contributed by atoms with van der Waals surface area (Å²) in [4.78, 5) is 7.99. The van der Waals surface area contributed by atoms with Gasteiger partial charge in [0.05, 0.1) is 11.1 Å². The Morgan fingerprint density at radius 1 is 1.32 bits per heavy atom. The summed E-state index contributed by atoms with van der Waals surface area (Å²) in [5.41, 5.74) is 2.09. The molecule has 2 aromatic rings. The van der Waals surface area contributed by atoms with E-state index in [1.807, 2.05) is 24.3 Å². The molecule has 1 N–H and O–H groups in total. The first-order valence-corrected chi connectivity index (χ1v) is 7.85. The first-order valence-electron chi connectivity index (χ1n) is 6.68. The number of nitrogens with zero attached hydrogens (tertiary/aromatic N) is 2. The molecule has 0 bridgehead atoms. The van der Waals surface area contributed by atoms with Gasteiger partial charge in [-0.2, -0.15) is 0 Å². The molecule has 0 saturated carbocycles. The number of anilines is 1. The fraction of sp³-hybridized carbons (Fsp3) is 0.250. The molecule has 0 unspecified atom stereocenters. The maximum Gasteiger partial charge on any atom is 0.148 e. The van der Waals surface area contributed by atoms with E-state index in [-0.39, 0.29) is 0 Å². The van der Waals surface area contributed by atoms with Gasteiger partial charge >= 0.3 is 0 Å². The monoisotopic (exact) mass is 379 g/mol. The standard InChI is InChI=1S/C16H15BrClN3O/c1-22-10-13-8-3-2-6-12(13)7-4-5-9-19-16-14(17)15(18)20-11-21-16/h2-3,6,8,11H,5,9-10H2,1H3,(H,19,20,21). The molecular weight excluding hydrogens is 366 g/mol. The SMILES string of the molecule is COCc1ccccc1C#CCCNc1ncnc(Cl)c1Br. The van der Waals surface area contributed by atoms with Crippen molar-refractivity contribution in [2.24, 2.45) is 0 Å². The smallest absolute Gasteiger partial charge is 0.148 e. The molecule has 2 rings (SSSR count). The van der Waals surface area contributed by atoms with Crippen molar-refractivity contribution in [3.05, 3.63) is 51.3 Å². The summed E-state index contributed by atoms with van der Waals surface area (Å²) in [5.74, 6) is 6.98. The van der Waals surface area contributed by atoms with Crippen LogP contribution in [0.15, 0.2) is 35.1 Å². The lowest BCUT2D eigenvalue weighted by Crippen LogP contribution is -2.03. The first-order chi connectivity index (χ1) is 10.7. The van der Waals surface area contributed by atoms with E-state index in [0.29, 0.717) is 35.0 Å². The van der Waals surface area contributed by atoms with Gasteiger partial charge in [0.2, 0.25) is 0 Å². The molecule has 22 heavy (non-hydrogen) atoms. The molecule has 0 spiro atoms. The maximum absolute atomic E-state index is 5.90. The number of ether oxygens (including phenoxy) is 1. The Balaban J connectivity index is 1.91. The van der Waals surface area contributed by atoms with Crippen LogP contribution in [0.2, 0.25) is 5.15 Å². The van der Waals surface area contributed by atoms with Crippen molar-refractivity contribution in [2.45, 2.75) is 13.0 Å². The fourth-order valence-electron chi connectivity index (χ4n) is 1.80. The summed E-state index contributed by atoms with van der Waals surface area (Å²) >= 11 is 9.25. The Kier molecular flexibility index (Phi) is 6.66. The van der Waals surface area contributed by atoms with Gasteiger partial charge in [0, 0.05) is 25.6 Å². The van der Waals surface area contributed by atoms with Crippen LogP contribution in [0.5, 0.6) is 0 Å². The van der Waals surface area contributed by atoms with Crippen LogP contribution in [-0.2, 0) is 11.3 Å². The number of nitrogens with one attached hydrogen (secondary N) is 1. The minimum Gasteiger partial charge on any atom is -0.380 e. The van der Waals surface area contributed by atoms with Gasteiger partial charge < -0.3 is 10.1 Å². The second kappa shape index (κ2) is 8.74. The molecule has 0 fully saturated rings. The van der Waals surface area contributed by atoms with Crippen LogP contribution >= 0.6 is 27.5 Å². The van der Waals surface area contributed by atoms with Gasteiger partial charge in [-0.3, -0.25) is 0 Å². The molecule has 0 saturated heterocycles. The summed E-state index contributed by atoms with van der Waals surface area (Å²) < 4.78 is 5.83. The lowest BCUT2D eigenvalue weighted by molar-refractivity contribution is 0.184. The lowest BCUT2D eigenvalue weighted by Gasteiger charge is -2.05. The zero-order valence-electron chi connectivity index (χ0n) is 12.1. The Morgan fingerprint density at radius 3 is 2.95 bits per heavy atom. The third-order valence-electron chi connectivity index (χ3n) is 2.83. The molecule has 0 aliphatic heterocycles. The normalized spacial score (nSPS) is 9.95. The molecule has 114 valence electrons. The molecule has 0 aliphatic rings. The highest BCUT2D eigenvalue weighted by Crippen LogP contribution is 2.25. The average Bonchev–Trinajstić information content (AvgIpc) is 2.53. The number of rotatable bonds is 5. The largest absolute Gasteiger partial charge is 0.380 e. The van der Waals surface area contributed by atoms with Gasteiger partial charge in [-0.1, -0.05) is 41.6 Å². The van der Waals surface area contributed by atoms with Crippen LogP contribution in [0, 0.1) is 11.8 Å². The number of methoxy groups -OCH3 is 1. The van der Waals surface area contributed by atoms with Crippen LogP contribution < -0.4 is 5.32 Å². The second-order valence-corrected chi connectivity index (χ2v) is 5.55. The highest BCUT2D eigenvalue weighted by atomic mass is 79.9. The van der Waals surface area contributed by atoms with Crippen LogP contribution in [0.4, 0.5) is 5.82 Å².